The van der Waals surface area contributed by atoms with E-state index in [9.17, 15) is 22.8 Å². The summed E-state index contributed by atoms with van der Waals surface area (Å²) in [5.74, 6) is -1.18. The third kappa shape index (κ3) is 5.05. The molecule has 0 aromatic heterocycles. The molecule has 1 aromatic rings. The molecule has 1 N–H and O–H groups in total. The van der Waals surface area contributed by atoms with Gasteiger partial charge >= 0.3 is 12.1 Å². The zero-order chi connectivity index (χ0) is 16.9. The van der Waals surface area contributed by atoms with Gasteiger partial charge in [0.25, 0.3) is 0 Å². The van der Waals surface area contributed by atoms with Gasteiger partial charge in [-0.25, -0.2) is 4.79 Å². The van der Waals surface area contributed by atoms with Gasteiger partial charge in [-0.05, 0) is 23.6 Å². The topological polar surface area (TPSA) is 55.4 Å². The van der Waals surface area contributed by atoms with Gasteiger partial charge in [0.15, 0.2) is 0 Å². The van der Waals surface area contributed by atoms with Crippen LogP contribution in [0.5, 0.6) is 0 Å². The lowest BCUT2D eigenvalue weighted by molar-refractivity contribution is -0.146. The second-order valence-corrected chi connectivity index (χ2v) is 5.18. The molecule has 122 valence electrons. The summed E-state index contributed by atoms with van der Waals surface area (Å²) in [6, 6.07) is 3.54. The van der Waals surface area contributed by atoms with E-state index in [2.05, 4.69) is 10.1 Å². The van der Waals surface area contributed by atoms with Crippen LogP contribution in [-0.2, 0) is 26.9 Å². The van der Waals surface area contributed by atoms with Crippen molar-refractivity contribution in [2.24, 2.45) is 5.92 Å². The van der Waals surface area contributed by atoms with Crippen molar-refractivity contribution in [2.45, 2.75) is 32.5 Å². The van der Waals surface area contributed by atoms with Crippen LogP contribution in [0.4, 0.5) is 13.2 Å². The Kier molecular flexibility index (Phi) is 5.96. The number of esters is 1. The van der Waals surface area contributed by atoms with Crippen LogP contribution in [0.25, 0.3) is 0 Å². The summed E-state index contributed by atoms with van der Waals surface area (Å²) in [4.78, 5) is 23.4. The molecule has 0 heterocycles. The minimum absolute atomic E-state index is 0.113. The predicted octanol–water partition coefficient (Wildman–Crippen LogP) is 2.56. The van der Waals surface area contributed by atoms with Crippen LogP contribution in [0.1, 0.15) is 25.0 Å². The van der Waals surface area contributed by atoms with Gasteiger partial charge in [-0.1, -0.05) is 26.0 Å². The third-order valence-electron chi connectivity index (χ3n) is 3.08. The summed E-state index contributed by atoms with van der Waals surface area (Å²) in [5, 5.41) is 2.52. The number of methoxy groups -OCH3 is 1. The van der Waals surface area contributed by atoms with Crippen molar-refractivity contribution >= 4 is 11.9 Å². The SMILES string of the molecule is COC(=O)[C@@H](NC(=O)Cc1ccc(C(F)(F)F)cc1)C(C)C. The smallest absolute Gasteiger partial charge is 0.416 e. The molecule has 0 bridgehead atoms. The van der Waals surface area contributed by atoms with Crippen molar-refractivity contribution in [1.82, 2.24) is 5.32 Å². The van der Waals surface area contributed by atoms with E-state index in [1.54, 1.807) is 13.8 Å². The van der Waals surface area contributed by atoms with Crippen LogP contribution >= 0.6 is 0 Å². The highest BCUT2D eigenvalue weighted by Crippen LogP contribution is 2.29. The molecule has 0 fully saturated rings. The van der Waals surface area contributed by atoms with Crippen LogP contribution in [0.2, 0.25) is 0 Å². The van der Waals surface area contributed by atoms with Gasteiger partial charge in [0.05, 0.1) is 19.1 Å². The summed E-state index contributed by atoms with van der Waals surface area (Å²) in [6.45, 7) is 3.50. The Labute approximate surface area is 126 Å². The highest BCUT2D eigenvalue weighted by Gasteiger charge is 2.30. The second kappa shape index (κ2) is 7.29. The zero-order valence-corrected chi connectivity index (χ0v) is 12.5. The summed E-state index contributed by atoms with van der Waals surface area (Å²) >= 11 is 0. The number of carbonyl (C=O) groups is 2. The van der Waals surface area contributed by atoms with Crippen LogP contribution in [0, 0.1) is 5.92 Å². The van der Waals surface area contributed by atoms with E-state index >= 15 is 0 Å². The Morgan fingerprint density at radius 2 is 1.73 bits per heavy atom. The van der Waals surface area contributed by atoms with Crippen molar-refractivity contribution in [1.29, 1.82) is 0 Å². The predicted molar refractivity (Wildman–Crippen MR) is 73.9 cm³/mol. The normalized spacial score (nSPS) is 12.9. The van der Waals surface area contributed by atoms with Crippen molar-refractivity contribution in [3.8, 4) is 0 Å². The number of alkyl halides is 3. The van der Waals surface area contributed by atoms with E-state index in [4.69, 9.17) is 0 Å². The molecule has 4 nitrogen and oxygen atoms in total. The average molecular weight is 317 g/mol. The average Bonchev–Trinajstić information content (AvgIpc) is 2.43. The van der Waals surface area contributed by atoms with E-state index in [0.29, 0.717) is 5.56 Å². The molecular formula is C15H18F3NO3. The number of nitrogens with one attached hydrogen (secondary N) is 1. The quantitative estimate of drug-likeness (QED) is 0.849. The van der Waals surface area contributed by atoms with Gasteiger partial charge in [0.1, 0.15) is 6.04 Å². The lowest BCUT2D eigenvalue weighted by atomic mass is 10.0. The minimum Gasteiger partial charge on any atom is -0.467 e. The summed E-state index contributed by atoms with van der Waals surface area (Å²) < 4.78 is 41.9. The van der Waals surface area contributed by atoms with Crippen LogP contribution in [0.3, 0.4) is 0 Å². The number of hydrogen-bond donors (Lipinski definition) is 1. The molecule has 0 radical (unpaired) electrons. The summed E-state index contributed by atoms with van der Waals surface area (Å²) in [5.41, 5.74) is -0.343. The van der Waals surface area contributed by atoms with Crippen molar-refractivity contribution in [2.75, 3.05) is 7.11 Å². The highest BCUT2D eigenvalue weighted by atomic mass is 19.4. The Bertz CT molecular complexity index is 524. The van der Waals surface area contributed by atoms with Crippen LogP contribution < -0.4 is 5.32 Å². The molecule has 0 saturated carbocycles. The number of rotatable bonds is 5. The molecule has 1 amide bonds. The molecule has 7 heteroatoms. The maximum Gasteiger partial charge on any atom is 0.416 e. The van der Waals surface area contributed by atoms with E-state index in [0.717, 1.165) is 12.1 Å². The number of carbonyl (C=O) groups excluding carboxylic acids is 2. The maximum absolute atomic E-state index is 12.4. The van der Waals surface area contributed by atoms with Crippen LogP contribution in [-0.4, -0.2) is 25.0 Å². The first-order valence-electron chi connectivity index (χ1n) is 6.68. The third-order valence-corrected chi connectivity index (χ3v) is 3.08. The molecule has 0 aliphatic heterocycles. The van der Waals surface area contributed by atoms with Gasteiger partial charge in [-0.15, -0.1) is 0 Å². The minimum atomic E-state index is -4.41. The Balaban J connectivity index is 2.70. The van der Waals surface area contributed by atoms with Crippen molar-refractivity contribution in [3.05, 3.63) is 35.4 Å². The summed E-state index contributed by atoms with van der Waals surface area (Å²) in [6.07, 6.45) is -4.52. The number of amides is 1. The standard InChI is InChI=1S/C15H18F3NO3/c1-9(2)13(14(21)22-3)19-12(20)8-10-4-6-11(7-5-10)15(16,17)18/h4-7,9,13H,8H2,1-3H3,(H,19,20)/t13-/m0/s1. The first kappa shape index (κ1) is 18.0. The monoisotopic (exact) mass is 317 g/mol. The van der Waals surface area contributed by atoms with Gasteiger partial charge in [0, 0.05) is 0 Å². The summed E-state index contributed by atoms with van der Waals surface area (Å²) in [7, 11) is 1.22. The fraction of sp³-hybridized carbons (Fsp3) is 0.467. The fourth-order valence-corrected chi connectivity index (χ4v) is 1.85. The second-order valence-electron chi connectivity index (χ2n) is 5.18. The zero-order valence-electron chi connectivity index (χ0n) is 12.5. The van der Waals surface area contributed by atoms with Crippen LogP contribution in [0.15, 0.2) is 24.3 Å². The molecule has 0 aliphatic carbocycles. The molecule has 0 spiro atoms. The van der Waals surface area contributed by atoms with Gasteiger partial charge in [-0.3, -0.25) is 4.79 Å². The molecule has 1 rings (SSSR count). The largest absolute Gasteiger partial charge is 0.467 e. The van der Waals surface area contributed by atoms with Gasteiger partial charge in [0.2, 0.25) is 5.91 Å². The van der Waals surface area contributed by atoms with E-state index in [-0.39, 0.29) is 12.3 Å². The fourth-order valence-electron chi connectivity index (χ4n) is 1.85. The van der Waals surface area contributed by atoms with E-state index in [1.807, 2.05) is 0 Å². The first-order valence-corrected chi connectivity index (χ1v) is 6.68. The Morgan fingerprint density at radius 1 is 1.18 bits per heavy atom. The number of halogens is 3. The first-order chi connectivity index (χ1) is 10.1. The Morgan fingerprint density at radius 3 is 2.14 bits per heavy atom. The van der Waals surface area contributed by atoms with E-state index < -0.39 is 29.7 Å². The molecule has 0 saturated heterocycles. The van der Waals surface area contributed by atoms with Crippen molar-refractivity contribution < 1.29 is 27.5 Å². The lowest BCUT2D eigenvalue weighted by Gasteiger charge is -2.19. The Hall–Kier alpha value is -2.05. The molecule has 0 unspecified atom stereocenters. The maximum atomic E-state index is 12.4. The lowest BCUT2D eigenvalue weighted by Crippen LogP contribution is -2.45. The van der Waals surface area contributed by atoms with Gasteiger partial charge in [-0.2, -0.15) is 13.2 Å². The molecule has 1 aromatic carbocycles. The number of ether oxygens (including phenoxy) is 1. The number of hydrogen-bond acceptors (Lipinski definition) is 3. The van der Waals surface area contributed by atoms with Crippen molar-refractivity contribution in [3.63, 3.8) is 0 Å². The molecular weight excluding hydrogens is 299 g/mol. The molecule has 22 heavy (non-hydrogen) atoms. The van der Waals surface area contributed by atoms with Gasteiger partial charge < -0.3 is 10.1 Å². The number of benzene rings is 1. The highest BCUT2D eigenvalue weighted by molar-refractivity contribution is 5.85. The molecule has 1 atom stereocenters. The van der Waals surface area contributed by atoms with E-state index in [1.165, 1.54) is 19.2 Å². The molecule has 0 aliphatic rings.